The predicted molar refractivity (Wildman–Crippen MR) is 127 cm³/mol. The molecule has 4 aromatic rings. The highest BCUT2D eigenvalue weighted by atomic mass is 35.5. The molecular formula is C24H20ClN3O4S. The van der Waals surface area contributed by atoms with Crippen molar-refractivity contribution in [3.63, 3.8) is 0 Å². The van der Waals surface area contributed by atoms with Crippen LogP contribution in [0.1, 0.15) is 17.3 Å². The molecule has 0 saturated carbocycles. The van der Waals surface area contributed by atoms with Crippen LogP contribution in [0.4, 0.5) is 0 Å². The van der Waals surface area contributed by atoms with E-state index in [2.05, 4.69) is 0 Å². The molecule has 4 rings (SSSR count). The number of carbonyl (C=O) groups is 1. The number of benzene rings is 3. The third-order valence-electron chi connectivity index (χ3n) is 4.93. The van der Waals surface area contributed by atoms with E-state index in [-0.39, 0.29) is 11.5 Å². The molecule has 1 heterocycles. The number of nitrogens with two attached hydrogens (primary N) is 1. The van der Waals surface area contributed by atoms with E-state index in [1.54, 1.807) is 54.1 Å². The van der Waals surface area contributed by atoms with Crippen molar-refractivity contribution in [2.45, 2.75) is 11.8 Å². The summed E-state index contributed by atoms with van der Waals surface area (Å²) in [6.07, 6.45) is 0. The smallest absolute Gasteiger partial charge is 0.338 e. The molecule has 0 unspecified atom stereocenters. The maximum absolute atomic E-state index is 12.2. The first-order valence-electron chi connectivity index (χ1n) is 10.0. The van der Waals surface area contributed by atoms with Gasteiger partial charge in [-0.3, -0.25) is 0 Å². The van der Waals surface area contributed by atoms with Gasteiger partial charge >= 0.3 is 5.97 Å². The summed E-state index contributed by atoms with van der Waals surface area (Å²) >= 11 is 6.02. The van der Waals surface area contributed by atoms with Gasteiger partial charge < -0.3 is 4.74 Å². The number of aromatic nitrogens is 2. The predicted octanol–water partition coefficient (Wildman–Crippen LogP) is 4.68. The van der Waals surface area contributed by atoms with Crippen LogP contribution in [0.3, 0.4) is 0 Å². The first kappa shape index (κ1) is 22.7. The Labute approximate surface area is 196 Å². The summed E-state index contributed by atoms with van der Waals surface area (Å²) in [5.41, 5.74) is 4.01. The summed E-state index contributed by atoms with van der Waals surface area (Å²) in [6, 6.07) is 22.3. The molecule has 0 aliphatic carbocycles. The fourth-order valence-corrected chi connectivity index (χ4v) is 3.98. The van der Waals surface area contributed by atoms with Crippen LogP contribution in [-0.2, 0) is 14.8 Å². The van der Waals surface area contributed by atoms with Crippen LogP contribution >= 0.6 is 11.6 Å². The van der Waals surface area contributed by atoms with Gasteiger partial charge in [0.25, 0.3) is 0 Å². The summed E-state index contributed by atoms with van der Waals surface area (Å²) in [4.78, 5) is 12.2. The molecule has 33 heavy (non-hydrogen) atoms. The number of hydrogen-bond donors (Lipinski definition) is 1. The van der Waals surface area contributed by atoms with Crippen LogP contribution in [-0.4, -0.2) is 30.8 Å². The molecule has 3 aromatic carbocycles. The van der Waals surface area contributed by atoms with Gasteiger partial charge in [-0.15, -0.1) is 0 Å². The van der Waals surface area contributed by atoms with E-state index in [1.165, 1.54) is 12.1 Å². The van der Waals surface area contributed by atoms with E-state index in [4.69, 9.17) is 26.6 Å². The molecular weight excluding hydrogens is 462 g/mol. The first-order valence-corrected chi connectivity index (χ1v) is 12.0. The SMILES string of the molecule is CCOC(=O)c1cccc(-c2cc(-c3ccc(Cl)cc3)nn2-c2ccc(S(N)(=O)=O)cc2)c1. The highest BCUT2D eigenvalue weighted by Crippen LogP contribution is 2.30. The summed E-state index contributed by atoms with van der Waals surface area (Å²) in [5, 5.41) is 10.6. The van der Waals surface area contributed by atoms with E-state index in [0.29, 0.717) is 27.7 Å². The van der Waals surface area contributed by atoms with Crippen LogP contribution in [0.5, 0.6) is 0 Å². The Morgan fingerprint density at radius 3 is 2.33 bits per heavy atom. The van der Waals surface area contributed by atoms with Gasteiger partial charge in [-0.2, -0.15) is 5.10 Å². The third-order valence-corrected chi connectivity index (χ3v) is 6.11. The monoisotopic (exact) mass is 481 g/mol. The molecule has 9 heteroatoms. The van der Waals surface area contributed by atoms with Crippen molar-refractivity contribution in [2.75, 3.05) is 6.61 Å². The van der Waals surface area contributed by atoms with Crippen molar-refractivity contribution < 1.29 is 17.9 Å². The van der Waals surface area contributed by atoms with Crippen LogP contribution in [0.2, 0.25) is 5.02 Å². The van der Waals surface area contributed by atoms with E-state index < -0.39 is 16.0 Å². The lowest BCUT2D eigenvalue weighted by Gasteiger charge is -2.09. The van der Waals surface area contributed by atoms with Crippen LogP contribution < -0.4 is 5.14 Å². The van der Waals surface area contributed by atoms with Crippen molar-refractivity contribution in [1.29, 1.82) is 0 Å². The van der Waals surface area contributed by atoms with Crippen molar-refractivity contribution in [3.8, 4) is 28.2 Å². The highest BCUT2D eigenvalue weighted by Gasteiger charge is 2.16. The molecule has 0 amide bonds. The molecule has 0 aliphatic rings. The highest BCUT2D eigenvalue weighted by molar-refractivity contribution is 7.89. The number of nitrogens with zero attached hydrogens (tertiary/aromatic N) is 2. The minimum atomic E-state index is -3.82. The zero-order valence-corrected chi connectivity index (χ0v) is 19.2. The van der Waals surface area contributed by atoms with Crippen molar-refractivity contribution in [3.05, 3.63) is 89.4 Å². The largest absolute Gasteiger partial charge is 0.462 e. The Hall–Kier alpha value is -3.46. The Balaban J connectivity index is 1.86. The summed E-state index contributed by atoms with van der Waals surface area (Å²) in [5.74, 6) is -0.416. The molecule has 0 fully saturated rings. The summed E-state index contributed by atoms with van der Waals surface area (Å²) in [7, 11) is -3.82. The summed E-state index contributed by atoms with van der Waals surface area (Å²) in [6.45, 7) is 2.03. The molecule has 1 aromatic heterocycles. The van der Waals surface area contributed by atoms with Crippen molar-refractivity contribution in [2.24, 2.45) is 5.14 Å². The van der Waals surface area contributed by atoms with Crippen LogP contribution in [0.15, 0.2) is 83.8 Å². The Morgan fingerprint density at radius 1 is 1.00 bits per heavy atom. The normalized spacial score (nSPS) is 11.4. The van der Waals surface area contributed by atoms with Crippen molar-refractivity contribution >= 4 is 27.6 Å². The maximum Gasteiger partial charge on any atom is 0.338 e. The van der Waals surface area contributed by atoms with E-state index >= 15 is 0 Å². The number of rotatable bonds is 6. The van der Waals surface area contributed by atoms with Gasteiger partial charge in [-0.25, -0.2) is 23.0 Å². The van der Waals surface area contributed by atoms with Gasteiger partial charge in [0.2, 0.25) is 10.0 Å². The Kier molecular flexibility index (Phi) is 6.33. The van der Waals surface area contributed by atoms with Crippen molar-refractivity contribution in [1.82, 2.24) is 9.78 Å². The lowest BCUT2D eigenvalue weighted by Crippen LogP contribution is -2.12. The van der Waals surface area contributed by atoms with Gasteiger partial charge in [-0.1, -0.05) is 35.9 Å². The van der Waals surface area contributed by atoms with Gasteiger partial charge in [0.05, 0.1) is 34.1 Å². The second-order valence-corrected chi connectivity index (χ2v) is 9.17. The molecule has 0 saturated heterocycles. The van der Waals surface area contributed by atoms with Gasteiger partial charge in [0.15, 0.2) is 0 Å². The number of hydrogen-bond acceptors (Lipinski definition) is 5. The standard InChI is InChI=1S/C24H20ClN3O4S/c1-2-32-24(29)18-5-3-4-17(14-18)23-15-22(16-6-8-19(25)9-7-16)27-28(23)20-10-12-21(13-11-20)33(26,30)31/h3-15H,2H2,1H3,(H2,26,30,31). The first-order chi connectivity index (χ1) is 15.8. The minimum absolute atomic E-state index is 0.00203. The quantitative estimate of drug-likeness (QED) is 0.402. The van der Waals surface area contributed by atoms with E-state index in [1.807, 2.05) is 24.3 Å². The number of esters is 1. The molecule has 168 valence electrons. The number of halogens is 1. The van der Waals surface area contributed by atoms with E-state index in [9.17, 15) is 13.2 Å². The molecule has 0 aliphatic heterocycles. The number of ether oxygens (including phenoxy) is 1. The van der Waals surface area contributed by atoms with Gasteiger partial charge in [0.1, 0.15) is 0 Å². The van der Waals surface area contributed by atoms with E-state index in [0.717, 1.165) is 11.1 Å². The zero-order chi connectivity index (χ0) is 23.6. The zero-order valence-electron chi connectivity index (χ0n) is 17.6. The number of sulfonamides is 1. The average molecular weight is 482 g/mol. The van der Waals surface area contributed by atoms with Crippen LogP contribution in [0.25, 0.3) is 28.2 Å². The summed E-state index contributed by atoms with van der Waals surface area (Å²) < 4.78 is 30.1. The van der Waals surface area contributed by atoms with Gasteiger partial charge in [-0.05, 0) is 61.5 Å². The molecule has 7 nitrogen and oxygen atoms in total. The molecule has 0 radical (unpaired) electrons. The number of primary sulfonamides is 1. The van der Waals surface area contributed by atoms with Crippen LogP contribution in [0, 0.1) is 0 Å². The number of carbonyl (C=O) groups excluding carboxylic acids is 1. The molecule has 0 bridgehead atoms. The molecule has 0 spiro atoms. The fraction of sp³-hybridized carbons (Fsp3) is 0.0833. The Morgan fingerprint density at radius 2 is 1.70 bits per heavy atom. The second kappa shape index (κ2) is 9.19. The van der Waals surface area contributed by atoms with Gasteiger partial charge in [0, 0.05) is 16.1 Å². The topological polar surface area (TPSA) is 104 Å². The molecule has 0 atom stereocenters. The second-order valence-electron chi connectivity index (χ2n) is 7.17. The average Bonchev–Trinajstić information content (AvgIpc) is 3.25. The lowest BCUT2D eigenvalue weighted by atomic mass is 10.1. The molecule has 2 N–H and O–H groups in total. The lowest BCUT2D eigenvalue weighted by molar-refractivity contribution is 0.0526. The fourth-order valence-electron chi connectivity index (χ4n) is 3.34. The third kappa shape index (κ3) is 4.98. The maximum atomic E-state index is 12.2. The Bertz CT molecular complexity index is 1410. The minimum Gasteiger partial charge on any atom is -0.462 e.